The average Bonchev–Trinajstić information content (AvgIpc) is 2.34. The summed E-state index contributed by atoms with van der Waals surface area (Å²) in [5.41, 5.74) is 6.69. The minimum atomic E-state index is -0.665. The second-order valence-corrected chi connectivity index (χ2v) is 3.65. The predicted octanol–water partition coefficient (Wildman–Crippen LogP) is 1.83. The molecule has 0 aromatic heterocycles. The Balaban J connectivity index is 4.70. The average molecular weight is 236 g/mol. The van der Waals surface area contributed by atoms with Crippen LogP contribution in [0.3, 0.4) is 0 Å². The van der Waals surface area contributed by atoms with Crippen molar-refractivity contribution in [1.82, 2.24) is 0 Å². The fourth-order valence-corrected chi connectivity index (χ4v) is 1.39. The second kappa shape index (κ2) is 8.47. The molecule has 0 heterocycles. The summed E-state index contributed by atoms with van der Waals surface area (Å²) in [6.07, 6.45) is 8.64. The van der Waals surface area contributed by atoms with E-state index in [0.29, 0.717) is 6.42 Å². The van der Waals surface area contributed by atoms with E-state index in [-0.39, 0.29) is 5.92 Å². The molecule has 0 saturated carbocycles. The van der Waals surface area contributed by atoms with Gasteiger partial charge in [-0.05, 0) is 18.4 Å². The van der Waals surface area contributed by atoms with Crippen LogP contribution in [0.2, 0.25) is 0 Å². The molecule has 0 aromatic carbocycles. The van der Waals surface area contributed by atoms with Crippen LogP contribution in [0.4, 0.5) is 0 Å². The molecule has 94 valence electrons. The van der Waals surface area contributed by atoms with Crippen molar-refractivity contribution in [3.05, 3.63) is 36.5 Å². The number of rotatable bonds is 7. The van der Waals surface area contributed by atoms with Crippen molar-refractivity contribution >= 4 is 12.2 Å². The zero-order valence-electron chi connectivity index (χ0n) is 10.3. The number of allylic oxidation sites excluding steroid dienone is 4. The topological polar surface area (TPSA) is 76.2 Å². The molecule has 1 unspecified atom stereocenters. The lowest BCUT2D eigenvalue weighted by molar-refractivity contribution is -0.142. The second-order valence-electron chi connectivity index (χ2n) is 3.65. The zero-order valence-corrected chi connectivity index (χ0v) is 10.3. The molecule has 0 spiro atoms. The van der Waals surface area contributed by atoms with E-state index in [9.17, 15) is 4.79 Å². The molecule has 4 nitrogen and oxygen atoms in total. The Morgan fingerprint density at radius 1 is 1.59 bits per heavy atom. The third-order valence-corrected chi connectivity index (χ3v) is 2.37. The van der Waals surface area contributed by atoms with Gasteiger partial charge in [-0.25, -0.2) is 0 Å². The Labute approximate surface area is 102 Å². The van der Waals surface area contributed by atoms with Gasteiger partial charge >= 0.3 is 5.97 Å². The van der Waals surface area contributed by atoms with Crippen molar-refractivity contribution in [1.29, 1.82) is 5.41 Å². The lowest BCUT2D eigenvalue weighted by atomic mass is 9.94. The SMILES string of the molecule is C=C/C=C(/C[C@H](N)C(=O)OC)C(C)/C=C\C=N. The molecule has 2 atom stereocenters. The highest BCUT2D eigenvalue weighted by Gasteiger charge is 2.17. The highest BCUT2D eigenvalue weighted by atomic mass is 16.5. The number of carbonyl (C=O) groups excluding carboxylic acids is 1. The first kappa shape index (κ1) is 15.3. The van der Waals surface area contributed by atoms with Crippen molar-refractivity contribution in [2.45, 2.75) is 19.4 Å². The maximum atomic E-state index is 11.2. The molecule has 0 radical (unpaired) electrons. The van der Waals surface area contributed by atoms with Crippen molar-refractivity contribution in [2.75, 3.05) is 7.11 Å². The van der Waals surface area contributed by atoms with Gasteiger partial charge in [0.2, 0.25) is 0 Å². The molecule has 0 saturated heterocycles. The summed E-state index contributed by atoms with van der Waals surface area (Å²) in [5.74, 6) is -0.325. The lowest BCUT2D eigenvalue weighted by Gasteiger charge is -2.15. The minimum absolute atomic E-state index is 0.102. The molecular formula is C13H20N2O2. The summed E-state index contributed by atoms with van der Waals surface area (Å²) in [7, 11) is 1.32. The molecule has 0 rings (SSSR count). The van der Waals surface area contributed by atoms with Crippen LogP contribution >= 0.6 is 0 Å². The number of nitrogens with two attached hydrogens (primary N) is 1. The summed E-state index contributed by atoms with van der Waals surface area (Å²) >= 11 is 0. The molecule has 0 aromatic rings. The van der Waals surface area contributed by atoms with E-state index in [1.807, 2.05) is 19.1 Å². The molecule has 0 fully saturated rings. The fraction of sp³-hybridized carbons (Fsp3) is 0.385. The smallest absolute Gasteiger partial charge is 0.322 e. The van der Waals surface area contributed by atoms with Crippen LogP contribution in [-0.4, -0.2) is 25.3 Å². The number of carbonyl (C=O) groups is 1. The summed E-state index contributed by atoms with van der Waals surface area (Å²) in [5, 5.41) is 6.93. The van der Waals surface area contributed by atoms with Crippen LogP contribution in [0.15, 0.2) is 36.5 Å². The molecule has 0 bridgehead atoms. The first-order valence-electron chi connectivity index (χ1n) is 5.39. The molecule has 3 N–H and O–H groups in total. The van der Waals surface area contributed by atoms with Crippen molar-refractivity contribution in [3.63, 3.8) is 0 Å². The van der Waals surface area contributed by atoms with E-state index in [1.165, 1.54) is 13.3 Å². The largest absolute Gasteiger partial charge is 0.468 e. The predicted molar refractivity (Wildman–Crippen MR) is 70.0 cm³/mol. The minimum Gasteiger partial charge on any atom is -0.468 e. The summed E-state index contributed by atoms with van der Waals surface area (Å²) in [4.78, 5) is 11.2. The maximum absolute atomic E-state index is 11.2. The maximum Gasteiger partial charge on any atom is 0.322 e. The monoisotopic (exact) mass is 236 g/mol. The first-order valence-corrected chi connectivity index (χ1v) is 5.39. The normalized spacial score (nSPS) is 15.4. The van der Waals surface area contributed by atoms with Gasteiger partial charge in [-0.1, -0.05) is 37.3 Å². The Hall–Kier alpha value is -1.68. The number of methoxy groups -OCH3 is 1. The van der Waals surface area contributed by atoms with Crippen LogP contribution in [0.5, 0.6) is 0 Å². The van der Waals surface area contributed by atoms with E-state index >= 15 is 0 Å². The highest BCUT2D eigenvalue weighted by Crippen LogP contribution is 2.18. The van der Waals surface area contributed by atoms with Gasteiger partial charge in [0.1, 0.15) is 6.04 Å². The third kappa shape index (κ3) is 5.82. The van der Waals surface area contributed by atoms with Crippen molar-refractivity contribution in [3.8, 4) is 0 Å². The van der Waals surface area contributed by atoms with Gasteiger partial charge in [-0.3, -0.25) is 4.79 Å². The van der Waals surface area contributed by atoms with E-state index < -0.39 is 12.0 Å². The Kier molecular flexibility index (Phi) is 7.63. The van der Waals surface area contributed by atoms with Crippen LogP contribution in [0.1, 0.15) is 13.3 Å². The number of ether oxygens (including phenoxy) is 1. The van der Waals surface area contributed by atoms with E-state index in [0.717, 1.165) is 5.57 Å². The Morgan fingerprint density at radius 3 is 2.71 bits per heavy atom. The summed E-state index contributed by atoms with van der Waals surface area (Å²) in [6.45, 7) is 5.60. The molecule has 4 heteroatoms. The quantitative estimate of drug-likeness (QED) is 0.402. The first-order chi connectivity index (χ1) is 8.06. The zero-order chi connectivity index (χ0) is 13.3. The summed E-state index contributed by atoms with van der Waals surface area (Å²) in [6, 6.07) is -0.665. The van der Waals surface area contributed by atoms with Gasteiger partial charge < -0.3 is 15.9 Å². The van der Waals surface area contributed by atoms with Gasteiger partial charge in [0.05, 0.1) is 7.11 Å². The third-order valence-electron chi connectivity index (χ3n) is 2.37. The van der Waals surface area contributed by atoms with Gasteiger partial charge in [0.25, 0.3) is 0 Å². The standard InChI is InChI=1S/C13H20N2O2/c1-4-6-11(10(2)7-5-8-14)9-12(15)13(16)17-3/h4-8,10,12,14H,1,9,15H2,2-3H3/b7-5-,11-6-,14-8?/t10?,12-/m0/s1. The number of hydrogen-bond donors (Lipinski definition) is 2. The number of nitrogens with one attached hydrogen (secondary N) is 1. The van der Waals surface area contributed by atoms with Crippen LogP contribution in [-0.2, 0) is 9.53 Å². The molecule has 0 aliphatic rings. The fourth-order valence-electron chi connectivity index (χ4n) is 1.39. The Morgan fingerprint density at radius 2 is 2.24 bits per heavy atom. The molecule has 0 aliphatic carbocycles. The van der Waals surface area contributed by atoms with Crippen LogP contribution in [0, 0.1) is 11.3 Å². The van der Waals surface area contributed by atoms with Gasteiger partial charge in [-0.2, -0.15) is 0 Å². The molecule has 0 aliphatic heterocycles. The van der Waals surface area contributed by atoms with E-state index in [1.54, 1.807) is 12.2 Å². The van der Waals surface area contributed by atoms with Gasteiger partial charge in [0, 0.05) is 6.21 Å². The van der Waals surface area contributed by atoms with Crippen molar-refractivity contribution < 1.29 is 9.53 Å². The van der Waals surface area contributed by atoms with Crippen LogP contribution in [0.25, 0.3) is 0 Å². The Bertz CT molecular complexity index is 332. The van der Waals surface area contributed by atoms with E-state index in [4.69, 9.17) is 11.1 Å². The number of esters is 1. The number of hydrogen-bond acceptors (Lipinski definition) is 4. The summed E-state index contributed by atoms with van der Waals surface area (Å²) < 4.78 is 4.58. The molecular weight excluding hydrogens is 216 g/mol. The highest BCUT2D eigenvalue weighted by molar-refractivity contribution is 5.75. The lowest BCUT2D eigenvalue weighted by Crippen LogP contribution is -2.32. The van der Waals surface area contributed by atoms with Gasteiger partial charge in [0.15, 0.2) is 0 Å². The van der Waals surface area contributed by atoms with Crippen molar-refractivity contribution in [2.24, 2.45) is 11.7 Å². The molecule has 0 amide bonds. The van der Waals surface area contributed by atoms with Gasteiger partial charge in [-0.15, -0.1) is 0 Å². The van der Waals surface area contributed by atoms with Crippen LogP contribution < -0.4 is 5.73 Å². The van der Waals surface area contributed by atoms with E-state index in [2.05, 4.69) is 11.3 Å². The molecule has 17 heavy (non-hydrogen) atoms.